The molecule has 0 aliphatic carbocycles. The number of allylic oxidation sites excluding steroid dienone is 2. The van der Waals surface area contributed by atoms with E-state index >= 15 is 0 Å². The third-order valence-electron chi connectivity index (χ3n) is 1.60. The van der Waals surface area contributed by atoms with Crippen LogP contribution in [0.4, 0.5) is 0 Å². The van der Waals surface area contributed by atoms with Crippen molar-refractivity contribution in [2.45, 2.75) is 33.6 Å². The topological polar surface area (TPSA) is 17.1 Å². The summed E-state index contributed by atoms with van der Waals surface area (Å²) in [6.45, 7) is 6.11. The van der Waals surface area contributed by atoms with E-state index in [0.29, 0.717) is 12.3 Å². The van der Waals surface area contributed by atoms with E-state index in [9.17, 15) is 4.79 Å². The minimum Gasteiger partial charge on any atom is -0.295 e. The van der Waals surface area contributed by atoms with Crippen molar-refractivity contribution in [3.8, 4) is 0 Å². The first-order valence-corrected chi connectivity index (χ1v) is 3.91. The first-order valence-electron chi connectivity index (χ1n) is 3.91. The van der Waals surface area contributed by atoms with E-state index in [1.54, 1.807) is 6.08 Å². The highest BCUT2D eigenvalue weighted by atomic mass is 16.1. The van der Waals surface area contributed by atoms with Gasteiger partial charge in [-0.1, -0.05) is 33.3 Å². The fourth-order valence-electron chi connectivity index (χ4n) is 0.526. The molecule has 1 nitrogen and oxygen atoms in total. The van der Waals surface area contributed by atoms with Crippen molar-refractivity contribution in [3.63, 3.8) is 0 Å². The molecule has 0 aliphatic heterocycles. The number of hydrogen-bond acceptors (Lipinski definition) is 1. The van der Waals surface area contributed by atoms with Gasteiger partial charge in [0.2, 0.25) is 0 Å². The molecular weight excluding hydrogens is 124 g/mol. The molecule has 0 aromatic carbocycles. The fraction of sp³-hybridized carbons (Fsp3) is 0.667. The normalized spacial score (nSPS) is 13.9. The van der Waals surface area contributed by atoms with Crippen LogP contribution in [0.25, 0.3) is 0 Å². The Morgan fingerprint density at radius 2 is 2.10 bits per heavy atom. The predicted molar refractivity (Wildman–Crippen MR) is 43.9 cm³/mol. The summed E-state index contributed by atoms with van der Waals surface area (Å²) in [5, 5.41) is 0. The Bertz CT molecular complexity index is 125. The number of rotatable bonds is 4. The van der Waals surface area contributed by atoms with Crippen molar-refractivity contribution >= 4 is 5.78 Å². The Labute approximate surface area is 63.1 Å². The van der Waals surface area contributed by atoms with Gasteiger partial charge in [0.15, 0.2) is 5.78 Å². The SMILES string of the molecule is CCC(=O)/C=C\C(C)CC. The average molecular weight is 140 g/mol. The molecule has 1 atom stereocenters. The monoisotopic (exact) mass is 140 g/mol. The maximum Gasteiger partial charge on any atom is 0.155 e. The molecule has 0 aromatic heterocycles. The maximum absolute atomic E-state index is 10.7. The van der Waals surface area contributed by atoms with Gasteiger partial charge in [0.05, 0.1) is 0 Å². The minimum atomic E-state index is 0.223. The Morgan fingerprint density at radius 1 is 1.50 bits per heavy atom. The first-order chi connectivity index (χ1) is 4.70. The standard InChI is InChI=1S/C9H16O/c1-4-8(3)6-7-9(10)5-2/h6-8H,4-5H2,1-3H3/b7-6-. The predicted octanol–water partition coefficient (Wildman–Crippen LogP) is 2.57. The zero-order valence-corrected chi connectivity index (χ0v) is 7.05. The first kappa shape index (κ1) is 9.41. The lowest BCUT2D eigenvalue weighted by atomic mass is 10.1. The van der Waals surface area contributed by atoms with Gasteiger partial charge in [0.25, 0.3) is 0 Å². The quantitative estimate of drug-likeness (QED) is 0.548. The van der Waals surface area contributed by atoms with E-state index in [1.807, 2.05) is 13.0 Å². The van der Waals surface area contributed by atoms with Crippen molar-refractivity contribution in [2.24, 2.45) is 5.92 Å². The van der Waals surface area contributed by atoms with Gasteiger partial charge in [-0.05, 0) is 12.0 Å². The fourth-order valence-corrected chi connectivity index (χ4v) is 0.526. The van der Waals surface area contributed by atoms with Gasteiger partial charge in [-0.25, -0.2) is 0 Å². The highest BCUT2D eigenvalue weighted by Crippen LogP contribution is 2.01. The van der Waals surface area contributed by atoms with E-state index in [0.717, 1.165) is 6.42 Å². The largest absolute Gasteiger partial charge is 0.295 e. The summed E-state index contributed by atoms with van der Waals surface area (Å²) in [5.41, 5.74) is 0. The summed E-state index contributed by atoms with van der Waals surface area (Å²) in [6.07, 6.45) is 5.39. The minimum absolute atomic E-state index is 0.223. The van der Waals surface area contributed by atoms with Crippen molar-refractivity contribution in [2.75, 3.05) is 0 Å². The molecule has 0 N–H and O–H groups in total. The summed E-state index contributed by atoms with van der Waals surface area (Å²) >= 11 is 0. The van der Waals surface area contributed by atoms with Crippen molar-refractivity contribution in [1.82, 2.24) is 0 Å². The summed E-state index contributed by atoms with van der Waals surface area (Å²) in [6, 6.07) is 0. The van der Waals surface area contributed by atoms with Crippen LogP contribution in [0.1, 0.15) is 33.6 Å². The molecule has 0 aliphatic rings. The zero-order valence-electron chi connectivity index (χ0n) is 7.05. The van der Waals surface area contributed by atoms with Crippen molar-refractivity contribution in [1.29, 1.82) is 0 Å². The summed E-state index contributed by atoms with van der Waals surface area (Å²) in [5.74, 6) is 0.760. The smallest absolute Gasteiger partial charge is 0.155 e. The molecule has 0 rings (SSSR count). The van der Waals surface area contributed by atoms with Crippen LogP contribution in [-0.4, -0.2) is 5.78 Å². The molecular formula is C9H16O. The molecule has 0 spiro atoms. The highest BCUT2D eigenvalue weighted by molar-refractivity contribution is 5.89. The molecule has 0 saturated heterocycles. The van der Waals surface area contributed by atoms with Crippen LogP contribution in [0, 0.1) is 5.92 Å². The van der Waals surface area contributed by atoms with Gasteiger partial charge in [0, 0.05) is 6.42 Å². The zero-order chi connectivity index (χ0) is 7.98. The Balaban J connectivity index is 3.63. The van der Waals surface area contributed by atoms with Crippen LogP contribution in [0.15, 0.2) is 12.2 Å². The second-order valence-corrected chi connectivity index (χ2v) is 2.56. The highest BCUT2D eigenvalue weighted by Gasteiger charge is 1.93. The average Bonchev–Trinajstić information content (AvgIpc) is 1.99. The van der Waals surface area contributed by atoms with Gasteiger partial charge in [0.1, 0.15) is 0 Å². The summed E-state index contributed by atoms with van der Waals surface area (Å²) in [4.78, 5) is 10.7. The van der Waals surface area contributed by atoms with Crippen LogP contribution >= 0.6 is 0 Å². The Kier molecular flexibility index (Phi) is 4.91. The van der Waals surface area contributed by atoms with Gasteiger partial charge < -0.3 is 0 Å². The number of carbonyl (C=O) groups excluding carboxylic acids is 1. The van der Waals surface area contributed by atoms with Crippen LogP contribution in [0.2, 0.25) is 0 Å². The molecule has 0 fully saturated rings. The van der Waals surface area contributed by atoms with Crippen LogP contribution in [0.5, 0.6) is 0 Å². The van der Waals surface area contributed by atoms with Gasteiger partial charge >= 0.3 is 0 Å². The summed E-state index contributed by atoms with van der Waals surface area (Å²) in [7, 11) is 0. The summed E-state index contributed by atoms with van der Waals surface area (Å²) < 4.78 is 0. The number of carbonyl (C=O) groups is 1. The van der Waals surface area contributed by atoms with E-state index < -0.39 is 0 Å². The molecule has 0 heterocycles. The van der Waals surface area contributed by atoms with Crippen LogP contribution in [-0.2, 0) is 4.79 Å². The van der Waals surface area contributed by atoms with Gasteiger partial charge in [-0.3, -0.25) is 4.79 Å². The van der Waals surface area contributed by atoms with E-state index in [-0.39, 0.29) is 5.78 Å². The second-order valence-electron chi connectivity index (χ2n) is 2.56. The van der Waals surface area contributed by atoms with Crippen LogP contribution in [0.3, 0.4) is 0 Å². The molecule has 0 bridgehead atoms. The maximum atomic E-state index is 10.7. The van der Waals surface area contributed by atoms with Crippen LogP contribution < -0.4 is 0 Å². The Hall–Kier alpha value is -0.590. The lowest BCUT2D eigenvalue weighted by molar-refractivity contribution is -0.114. The lowest BCUT2D eigenvalue weighted by Gasteiger charge is -1.97. The van der Waals surface area contributed by atoms with E-state index in [2.05, 4.69) is 13.8 Å². The molecule has 1 unspecified atom stereocenters. The number of ketones is 1. The van der Waals surface area contributed by atoms with Gasteiger partial charge in [-0.2, -0.15) is 0 Å². The van der Waals surface area contributed by atoms with E-state index in [1.165, 1.54) is 0 Å². The molecule has 58 valence electrons. The number of hydrogen-bond donors (Lipinski definition) is 0. The molecule has 1 heteroatoms. The molecule has 0 aromatic rings. The Morgan fingerprint density at radius 3 is 2.50 bits per heavy atom. The van der Waals surface area contributed by atoms with Gasteiger partial charge in [-0.15, -0.1) is 0 Å². The molecule has 0 saturated carbocycles. The molecule has 10 heavy (non-hydrogen) atoms. The third-order valence-corrected chi connectivity index (χ3v) is 1.60. The van der Waals surface area contributed by atoms with E-state index in [4.69, 9.17) is 0 Å². The van der Waals surface area contributed by atoms with Crippen molar-refractivity contribution in [3.05, 3.63) is 12.2 Å². The molecule has 0 radical (unpaired) electrons. The lowest BCUT2D eigenvalue weighted by Crippen LogP contribution is -1.91. The van der Waals surface area contributed by atoms with Crippen molar-refractivity contribution < 1.29 is 4.79 Å². The molecule has 0 amide bonds. The second kappa shape index (κ2) is 5.21. The third kappa shape index (κ3) is 4.30.